The summed E-state index contributed by atoms with van der Waals surface area (Å²) < 4.78 is 24.0. The van der Waals surface area contributed by atoms with Crippen molar-refractivity contribution in [1.29, 1.82) is 0 Å². The van der Waals surface area contributed by atoms with Crippen LogP contribution < -0.4 is 10.1 Å². The van der Waals surface area contributed by atoms with E-state index in [9.17, 15) is 4.39 Å². The Morgan fingerprint density at radius 1 is 1.65 bits per heavy atom. The van der Waals surface area contributed by atoms with Crippen molar-refractivity contribution >= 4 is 5.95 Å². The van der Waals surface area contributed by atoms with Crippen molar-refractivity contribution in [3.05, 3.63) is 12.0 Å². The molecule has 2 rings (SSSR count). The minimum atomic E-state index is -0.537. The maximum atomic E-state index is 13.4. The molecule has 0 amide bonds. The summed E-state index contributed by atoms with van der Waals surface area (Å²) in [5.41, 5.74) is 0. The normalized spacial score (nSPS) is 19.3. The van der Waals surface area contributed by atoms with Gasteiger partial charge in [0.25, 0.3) is 5.88 Å². The van der Waals surface area contributed by atoms with Gasteiger partial charge in [-0.25, -0.2) is 4.98 Å². The van der Waals surface area contributed by atoms with Crippen LogP contribution in [0.25, 0.3) is 0 Å². The lowest BCUT2D eigenvalue weighted by Gasteiger charge is -2.10. The number of anilines is 1. The van der Waals surface area contributed by atoms with Crippen molar-refractivity contribution in [2.75, 3.05) is 31.7 Å². The Balaban J connectivity index is 1.95. The van der Waals surface area contributed by atoms with E-state index in [0.717, 1.165) is 19.2 Å². The molecule has 6 heteroatoms. The third-order valence-corrected chi connectivity index (χ3v) is 2.53. The fraction of sp³-hybridized carbons (Fsp3) is 0.636. The number of rotatable bonds is 5. The largest absolute Gasteiger partial charge is 0.475 e. The average Bonchev–Trinajstić information content (AvgIpc) is 2.83. The monoisotopic (exact) mass is 241 g/mol. The van der Waals surface area contributed by atoms with Crippen molar-refractivity contribution in [2.24, 2.45) is 5.92 Å². The molecule has 1 unspecified atom stereocenters. The molecular weight excluding hydrogens is 225 g/mol. The molecule has 5 nitrogen and oxygen atoms in total. The van der Waals surface area contributed by atoms with E-state index in [4.69, 9.17) is 9.47 Å². The van der Waals surface area contributed by atoms with Crippen molar-refractivity contribution in [3.63, 3.8) is 0 Å². The lowest BCUT2D eigenvalue weighted by molar-refractivity contribution is 0.163. The molecule has 1 saturated heterocycles. The van der Waals surface area contributed by atoms with Crippen molar-refractivity contribution in [1.82, 2.24) is 9.97 Å². The quantitative estimate of drug-likeness (QED) is 0.845. The summed E-state index contributed by atoms with van der Waals surface area (Å²) in [4.78, 5) is 7.77. The second-order valence-electron chi connectivity index (χ2n) is 3.92. The Morgan fingerprint density at radius 3 is 3.24 bits per heavy atom. The summed E-state index contributed by atoms with van der Waals surface area (Å²) in [5.74, 6) is 0.173. The van der Waals surface area contributed by atoms with Crippen LogP contribution in [0.4, 0.5) is 10.3 Å². The van der Waals surface area contributed by atoms with Gasteiger partial charge in [0.1, 0.15) is 0 Å². The standard InChI is InChI=1S/C11H16FN3O2/c1-2-13-11-14-5-9(12)10(15-11)17-7-8-3-4-16-6-8/h5,8H,2-4,6-7H2,1H3,(H,13,14,15). The Hall–Kier alpha value is -1.43. The van der Waals surface area contributed by atoms with Crippen LogP contribution in [-0.2, 0) is 4.74 Å². The van der Waals surface area contributed by atoms with E-state index in [1.54, 1.807) is 0 Å². The van der Waals surface area contributed by atoms with Crippen molar-refractivity contribution in [2.45, 2.75) is 13.3 Å². The van der Waals surface area contributed by atoms with Crippen LogP contribution in [0.3, 0.4) is 0 Å². The van der Waals surface area contributed by atoms with E-state index in [1.165, 1.54) is 0 Å². The van der Waals surface area contributed by atoms with Gasteiger partial charge in [0.15, 0.2) is 0 Å². The molecular formula is C11H16FN3O2. The number of hydrogen-bond acceptors (Lipinski definition) is 5. The maximum Gasteiger partial charge on any atom is 0.255 e. The van der Waals surface area contributed by atoms with Gasteiger partial charge in [-0.3, -0.25) is 0 Å². The molecule has 2 heterocycles. The average molecular weight is 241 g/mol. The lowest BCUT2D eigenvalue weighted by Crippen LogP contribution is -2.14. The molecule has 1 N–H and O–H groups in total. The third-order valence-electron chi connectivity index (χ3n) is 2.53. The molecule has 1 atom stereocenters. The Bertz CT molecular complexity index is 370. The van der Waals surface area contributed by atoms with Crippen LogP contribution in [-0.4, -0.2) is 36.3 Å². The molecule has 1 fully saturated rings. The van der Waals surface area contributed by atoms with E-state index in [-0.39, 0.29) is 5.88 Å². The predicted octanol–water partition coefficient (Wildman–Crippen LogP) is 1.46. The smallest absolute Gasteiger partial charge is 0.255 e. The van der Waals surface area contributed by atoms with Crippen LogP contribution >= 0.6 is 0 Å². The van der Waals surface area contributed by atoms with Crippen LogP contribution in [0.1, 0.15) is 13.3 Å². The summed E-state index contributed by atoms with van der Waals surface area (Å²) >= 11 is 0. The van der Waals surface area contributed by atoms with E-state index < -0.39 is 5.82 Å². The fourth-order valence-corrected chi connectivity index (χ4v) is 1.61. The number of hydrogen-bond donors (Lipinski definition) is 1. The summed E-state index contributed by atoms with van der Waals surface area (Å²) in [6, 6.07) is 0. The second-order valence-corrected chi connectivity index (χ2v) is 3.92. The van der Waals surface area contributed by atoms with Gasteiger partial charge in [0.05, 0.1) is 19.4 Å². The third kappa shape index (κ3) is 3.26. The highest BCUT2D eigenvalue weighted by molar-refractivity contribution is 5.27. The topological polar surface area (TPSA) is 56.3 Å². The first-order valence-electron chi connectivity index (χ1n) is 5.76. The van der Waals surface area contributed by atoms with Gasteiger partial charge in [0.2, 0.25) is 11.8 Å². The van der Waals surface area contributed by atoms with Gasteiger partial charge >= 0.3 is 0 Å². The highest BCUT2D eigenvalue weighted by atomic mass is 19.1. The maximum absolute atomic E-state index is 13.4. The van der Waals surface area contributed by atoms with Crippen LogP contribution in [0.2, 0.25) is 0 Å². The highest BCUT2D eigenvalue weighted by Gasteiger charge is 2.17. The highest BCUT2D eigenvalue weighted by Crippen LogP contribution is 2.18. The summed E-state index contributed by atoms with van der Waals surface area (Å²) in [7, 11) is 0. The molecule has 0 saturated carbocycles. The fourth-order valence-electron chi connectivity index (χ4n) is 1.61. The van der Waals surface area contributed by atoms with Crippen molar-refractivity contribution in [3.8, 4) is 5.88 Å². The molecule has 1 aliphatic heterocycles. The zero-order valence-corrected chi connectivity index (χ0v) is 9.78. The van der Waals surface area contributed by atoms with Gasteiger partial charge in [-0.2, -0.15) is 9.37 Å². The molecule has 0 aromatic carbocycles. The van der Waals surface area contributed by atoms with Crippen molar-refractivity contribution < 1.29 is 13.9 Å². The summed E-state index contributed by atoms with van der Waals surface area (Å²) in [6.45, 7) is 4.46. The zero-order chi connectivity index (χ0) is 12.1. The number of halogens is 1. The lowest BCUT2D eigenvalue weighted by atomic mass is 10.1. The number of nitrogens with one attached hydrogen (secondary N) is 1. The Morgan fingerprint density at radius 2 is 2.53 bits per heavy atom. The molecule has 0 aliphatic carbocycles. The minimum absolute atomic E-state index is 0.00264. The van der Waals surface area contributed by atoms with Crippen LogP contribution in [0, 0.1) is 11.7 Å². The summed E-state index contributed by atoms with van der Waals surface area (Å²) in [5, 5.41) is 2.91. The molecule has 1 aromatic rings. The van der Waals surface area contributed by atoms with Crippen LogP contribution in [0.5, 0.6) is 5.88 Å². The SMILES string of the molecule is CCNc1ncc(F)c(OCC2CCOC2)n1. The van der Waals surface area contributed by atoms with Gasteiger partial charge in [-0.15, -0.1) is 0 Å². The van der Waals surface area contributed by atoms with Gasteiger partial charge in [-0.05, 0) is 13.3 Å². The predicted molar refractivity (Wildman–Crippen MR) is 60.6 cm³/mol. The zero-order valence-electron chi connectivity index (χ0n) is 9.78. The molecule has 0 bridgehead atoms. The minimum Gasteiger partial charge on any atom is -0.475 e. The van der Waals surface area contributed by atoms with E-state index in [0.29, 0.717) is 31.6 Å². The number of aromatic nitrogens is 2. The van der Waals surface area contributed by atoms with Gasteiger partial charge in [-0.1, -0.05) is 0 Å². The second kappa shape index (κ2) is 5.77. The van der Waals surface area contributed by atoms with E-state index >= 15 is 0 Å². The first-order chi connectivity index (χ1) is 8.29. The molecule has 0 radical (unpaired) electrons. The van der Waals surface area contributed by atoms with Gasteiger partial charge < -0.3 is 14.8 Å². The molecule has 17 heavy (non-hydrogen) atoms. The van der Waals surface area contributed by atoms with Crippen LogP contribution in [0.15, 0.2) is 6.20 Å². The molecule has 1 aliphatic rings. The van der Waals surface area contributed by atoms with E-state index in [2.05, 4.69) is 15.3 Å². The van der Waals surface area contributed by atoms with Gasteiger partial charge in [0, 0.05) is 19.1 Å². The molecule has 1 aromatic heterocycles. The molecule has 0 spiro atoms. The summed E-state index contributed by atoms with van der Waals surface area (Å²) in [6.07, 6.45) is 2.07. The number of nitrogens with zero attached hydrogens (tertiary/aromatic N) is 2. The molecule has 94 valence electrons. The number of ether oxygens (including phenoxy) is 2. The Kier molecular flexibility index (Phi) is 4.08. The first-order valence-corrected chi connectivity index (χ1v) is 5.76. The van der Waals surface area contributed by atoms with E-state index in [1.807, 2.05) is 6.92 Å². The Labute approximate surface area is 99.4 Å². The first kappa shape index (κ1) is 12.0.